The van der Waals surface area contributed by atoms with Gasteiger partial charge in [-0.2, -0.15) is 5.10 Å². The quantitative estimate of drug-likeness (QED) is 0.714. The van der Waals surface area contributed by atoms with Crippen molar-refractivity contribution in [1.82, 2.24) is 24.2 Å². The van der Waals surface area contributed by atoms with Gasteiger partial charge in [-0.3, -0.25) is 9.48 Å². The molecule has 1 fully saturated rings. The first kappa shape index (κ1) is 17.8. The summed E-state index contributed by atoms with van der Waals surface area (Å²) in [6, 6.07) is 8.23. The molecule has 1 aliphatic rings. The van der Waals surface area contributed by atoms with Gasteiger partial charge < -0.3 is 9.47 Å². The summed E-state index contributed by atoms with van der Waals surface area (Å²) in [6.07, 6.45) is 5.29. The Kier molecular flexibility index (Phi) is 4.72. The number of aryl methyl sites for hydroxylation is 3. The van der Waals surface area contributed by atoms with Crippen LogP contribution in [-0.4, -0.2) is 43.2 Å². The highest BCUT2D eigenvalue weighted by atomic mass is 16.2. The molecule has 0 N–H and O–H groups in total. The predicted molar refractivity (Wildman–Crippen MR) is 106 cm³/mol. The normalized spacial score (nSPS) is 17.6. The molecule has 27 heavy (non-hydrogen) atoms. The summed E-state index contributed by atoms with van der Waals surface area (Å²) >= 11 is 0. The van der Waals surface area contributed by atoms with E-state index in [1.165, 1.54) is 0 Å². The topological polar surface area (TPSA) is 56.0 Å². The van der Waals surface area contributed by atoms with Crippen molar-refractivity contribution in [3.05, 3.63) is 47.5 Å². The maximum atomic E-state index is 12.8. The van der Waals surface area contributed by atoms with Crippen LogP contribution >= 0.6 is 0 Å². The third-order valence-electron chi connectivity index (χ3n) is 5.91. The first-order chi connectivity index (χ1) is 13.0. The summed E-state index contributed by atoms with van der Waals surface area (Å²) < 4.78 is 4.05. The van der Waals surface area contributed by atoms with E-state index in [9.17, 15) is 4.79 Å². The second kappa shape index (κ2) is 7.18. The van der Waals surface area contributed by atoms with Crippen LogP contribution in [0.1, 0.15) is 42.3 Å². The summed E-state index contributed by atoms with van der Waals surface area (Å²) in [6.45, 7) is 3.67. The fourth-order valence-electron chi connectivity index (χ4n) is 4.13. The van der Waals surface area contributed by atoms with E-state index in [1.54, 1.807) is 0 Å². The van der Waals surface area contributed by atoms with Gasteiger partial charge >= 0.3 is 0 Å². The van der Waals surface area contributed by atoms with Crippen LogP contribution in [0.15, 0.2) is 30.5 Å². The maximum absolute atomic E-state index is 12.8. The number of imidazole rings is 1. The molecule has 0 aliphatic carbocycles. The Morgan fingerprint density at radius 3 is 2.81 bits per heavy atom. The van der Waals surface area contributed by atoms with Gasteiger partial charge in [0, 0.05) is 45.2 Å². The van der Waals surface area contributed by atoms with Crippen LogP contribution in [0.5, 0.6) is 0 Å². The lowest BCUT2D eigenvalue weighted by Gasteiger charge is -2.32. The lowest BCUT2D eigenvalue weighted by atomic mass is 9.96. The third-order valence-corrected chi connectivity index (χ3v) is 5.91. The molecule has 6 heteroatoms. The number of piperidine rings is 1. The van der Waals surface area contributed by atoms with Gasteiger partial charge in [0.15, 0.2) is 0 Å². The Bertz CT molecular complexity index is 970. The van der Waals surface area contributed by atoms with Gasteiger partial charge in [-0.1, -0.05) is 12.1 Å². The van der Waals surface area contributed by atoms with Crippen molar-refractivity contribution >= 4 is 16.9 Å². The molecule has 6 nitrogen and oxygen atoms in total. The van der Waals surface area contributed by atoms with Crippen molar-refractivity contribution in [2.75, 3.05) is 13.1 Å². The molecule has 0 bridgehead atoms. The zero-order valence-electron chi connectivity index (χ0n) is 16.4. The number of amides is 1. The molecule has 3 aromatic rings. The molecular formula is C21H27N5O. The Hall–Kier alpha value is -2.63. The number of hydrogen-bond acceptors (Lipinski definition) is 3. The van der Waals surface area contributed by atoms with Gasteiger partial charge in [0.1, 0.15) is 5.82 Å². The number of para-hydroxylation sites is 2. The molecule has 0 spiro atoms. The monoisotopic (exact) mass is 365 g/mol. The summed E-state index contributed by atoms with van der Waals surface area (Å²) in [7, 11) is 4.02. The number of likely N-dealkylation sites (tertiary alicyclic amines) is 1. The van der Waals surface area contributed by atoms with E-state index in [1.807, 2.05) is 35.0 Å². The molecule has 0 radical (unpaired) electrons. The van der Waals surface area contributed by atoms with E-state index in [-0.39, 0.29) is 5.91 Å². The largest absolute Gasteiger partial charge is 0.342 e. The van der Waals surface area contributed by atoms with E-state index in [2.05, 4.69) is 35.8 Å². The minimum absolute atomic E-state index is 0.238. The second-order valence-corrected chi connectivity index (χ2v) is 7.58. The van der Waals surface area contributed by atoms with Crippen LogP contribution in [0.2, 0.25) is 0 Å². The fraction of sp³-hybridized carbons (Fsp3) is 0.476. The van der Waals surface area contributed by atoms with Crippen LogP contribution in [0.25, 0.3) is 11.0 Å². The highest BCUT2D eigenvalue weighted by Crippen LogP contribution is 2.29. The second-order valence-electron chi connectivity index (χ2n) is 7.58. The minimum atomic E-state index is 0.238. The highest BCUT2D eigenvalue weighted by Gasteiger charge is 2.27. The standard InChI is InChI=1S/C21H27N5O/c1-15-16(13-22-25(15)3)10-11-20(27)26-12-6-7-17(14-26)21-23-18-8-4-5-9-19(18)24(21)2/h4-5,8-9,13,17H,6-7,10-12,14H2,1-3H3. The number of fused-ring (bicyclic) bond motifs is 1. The van der Waals surface area contributed by atoms with Gasteiger partial charge in [-0.15, -0.1) is 0 Å². The van der Waals surface area contributed by atoms with E-state index < -0.39 is 0 Å². The lowest BCUT2D eigenvalue weighted by Crippen LogP contribution is -2.39. The highest BCUT2D eigenvalue weighted by molar-refractivity contribution is 5.77. The average molecular weight is 365 g/mol. The van der Waals surface area contributed by atoms with Crippen LogP contribution in [0.3, 0.4) is 0 Å². The van der Waals surface area contributed by atoms with Gasteiger partial charge in [0.05, 0.1) is 17.2 Å². The van der Waals surface area contributed by atoms with Crippen molar-refractivity contribution in [1.29, 1.82) is 0 Å². The molecule has 1 aliphatic heterocycles. The van der Waals surface area contributed by atoms with Crippen molar-refractivity contribution in [2.45, 2.75) is 38.5 Å². The molecule has 1 atom stereocenters. The zero-order chi connectivity index (χ0) is 19.0. The van der Waals surface area contributed by atoms with Gasteiger partial charge in [0.25, 0.3) is 0 Å². The summed E-state index contributed by atoms with van der Waals surface area (Å²) in [4.78, 5) is 19.7. The fourth-order valence-corrected chi connectivity index (χ4v) is 4.13. The maximum Gasteiger partial charge on any atom is 0.222 e. The Morgan fingerprint density at radius 1 is 1.26 bits per heavy atom. The molecule has 1 aromatic carbocycles. The number of aromatic nitrogens is 4. The molecule has 3 heterocycles. The molecule has 1 amide bonds. The van der Waals surface area contributed by atoms with E-state index in [0.717, 1.165) is 60.5 Å². The number of hydrogen-bond donors (Lipinski definition) is 0. The van der Waals surface area contributed by atoms with Gasteiger partial charge in [-0.05, 0) is 43.9 Å². The van der Waals surface area contributed by atoms with Gasteiger partial charge in [-0.25, -0.2) is 4.98 Å². The minimum Gasteiger partial charge on any atom is -0.342 e. The van der Waals surface area contributed by atoms with Crippen LogP contribution in [-0.2, 0) is 25.3 Å². The lowest BCUT2D eigenvalue weighted by molar-refractivity contribution is -0.132. The first-order valence-electron chi connectivity index (χ1n) is 9.71. The van der Waals surface area contributed by atoms with Crippen molar-refractivity contribution in [3.8, 4) is 0 Å². The molecule has 1 saturated heterocycles. The SMILES string of the molecule is Cc1c(CCC(=O)N2CCCC(c3nc4ccccc4n3C)C2)cnn1C. The number of carbonyl (C=O) groups excluding carboxylic acids is 1. The van der Waals surface area contributed by atoms with Crippen molar-refractivity contribution in [2.24, 2.45) is 14.1 Å². The molecular weight excluding hydrogens is 338 g/mol. The molecule has 142 valence electrons. The summed E-state index contributed by atoms with van der Waals surface area (Å²) in [5.74, 6) is 1.64. The Labute approximate surface area is 159 Å². The first-order valence-corrected chi connectivity index (χ1v) is 9.71. The Balaban J connectivity index is 1.45. The van der Waals surface area contributed by atoms with Crippen molar-refractivity contribution < 1.29 is 4.79 Å². The number of rotatable bonds is 4. The molecule has 1 unspecified atom stereocenters. The smallest absolute Gasteiger partial charge is 0.222 e. The van der Waals surface area contributed by atoms with E-state index in [0.29, 0.717) is 12.3 Å². The van der Waals surface area contributed by atoms with Crippen LogP contribution in [0, 0.1) is 6.92 Å². The number of benzene rings is 1. The molecule has 0 saturated carbocycles. The van der Waals surface area contributed by atoms with Crippen LogP contribution < -0.4 is 0 Å². The van der Waals surface area contributed by atoms with Crippen molar-refractivity contribution in [3.63, 3.8) is 0 Å². The van der Waals surface area contributed by atoms with Gasteiger partial charge in [0.2, 0.25) is 5.91 Å². The van der Waals surface area contributed by atoms with E-state index in [4.69, 9.17) is 4.98 Å². The predicted octanol–water partition coefficient (Wildman–Crippen LogP) is 2.95. The van der Waals surface area contributed by atoms with E-state index >= 15 is 0 Å². The molecule has 4 rings (SSSR count). The van der Waals surface area contributed by atoms with Crippen LogP contribution in [0.4, 0.5) is 0 Å². The Morgan fingerprint density at radius 2 is 2.07 bits per heavy atom. The molecule has 2 aromatic heterocycles. The zero-order valence-corrected chi connectivity index (χ0v) is 16.4. The number of carbonyl (C=O) groups is 1. The summed E-state index contributed by atoms with van der Waals surface area (Å²) in [5, 5.41) is 4.27. The number of nitrogens with zero attached hydrogens (tertiary/aromatic N) is 5. The third kappa shape index (κ3) is 3.36. The summed E-state index contributed by atoms with van der Waals surface area (Å²) in [5.41, 5.74) is 4.49. The average Bonchev–Trinajstić information content (AvgIpc) is 3.20.